The Kier molecular flexibility index (Phi) is 4.73. The predicted octanol–water partition coefficient (Wildman–Crippen LogP) is 3.12. The van der Waals surface area contributed by atoms with Crippen molar-refractivity contribution >= 4 is 17.2 Å². The number of aromatic nitrogens is 1. The summed E-state index contributed by atoms with van der Waals surface area (Å²) in [6, 6.07) is 6.42. The minimum Gasteiger partial charge on any atom is -0.375 e. The van der Waals surface area contributed by atoms with E-state index in [4.69, 9.17) is 4.74 Å². The zero-order chi connectivity index (χ0) is 16.4. The van der Waals surface area contributed by atoms with Crippen molar-refractivity contribution in [2.75, 3.05) is 13.2 Å². The van der Waals surface area contributed by atoms with Crippen molar-refractivity contribution in [3.63, 3.8) is 0 Å². The Balaban J connectivity index is 1.70. The van der Waals surface area contributed by atoms with Gasteiger partial charge in [0, 0.05) is 13.0 Å². The minimum absolute atomic E-state index is 0.00973. The van der Waals surface area contributed by atoms with Crippen LogP contribution >= 0.6 is 11.3 Å². The first kappa shape index (κ1) is 16.1. The van der Waals surface area contributed by atoms with Gasteiger partial charge in [0.2, 0.25) is 0 Å². The summed E-state index contributed by atoms with van der Waals surface area (Å²) in [5.74, 6) is -0.241. The van der Waals surface area contributed by atoms with Crippen LogP contribution in [0.3, 0.4) is 0 Å². The fourth-order valence-electron chi connectivity index (χ4n) is 2.60. The molecule has 1 saturated heterocycles. The van der Waals surface area contributed by atoms with E-state index in [2.05, 4.69) is 4.98 Å². The number of nitrogens with zero attached hydrogens (tertiary/aromatic N) is 2. The Bertz CT molecular complexity index is 686. The summed E-state index contributed by atoms with van der Waals surface area (Å²) in [6.07, 6.45) is 2.30. The number of morpholine rings is 1. The van der Waals surface area contributed by atoms with Crippen molar-refractivity contribution < 1.29 is 13.9 Å². The molecule has 1 aliphatic rings. The molecular weight excluding hydrogens is 315 g/mol. The lowest BCUT2D eigenvalue weighted by molar-refractivity contribution is -0.0385. The lowest BCUT2D eigenvalue weighted by atomic mass is 10.2. The van der Waals surface area contributed by atoms with Crippen molar-refractivity contribution in [3.8, 4) is 0 Å². The van der Waals surface area contributed by atoms with E-state index in [-0.39, 0.29) is 23.9 Å². The second-order valence-electron chi connectivity index (χ2n) is 5.87. The van der Waals surface area contributed by atoms with Crippen LogP contribution in [-0.4, -0.2) is 41.1 Å². The summed E-state index contributed by atoms with van der Waals surface area (Å²) in [5.41, 5.74) is 0.980. The lowest BCUT2D eigenvalue weighted by Crippen LogP contribution is -2.50. The smallest absolute Gasteiger partial charge is 0.265 e. The van der Waals surface area contributed by atoms with Crippen molar-refractivity contribution in [1.29, 1.82) is 0 Å². The maximum absolute atomic E-state index is 12.9. The van der Waals surface area contributed by atoms with E-state index >= 15 is 0 Å². The number of amides is 1. The number of halogens is 1. The Hall–Kier alpha value is -1.79. The van der Waals surface area contributed by atoms with E-state index in [9.17, 15) is 9.18 Å². The molecule has 3 rings (SSSR count). The molecule has 0 radical (unpaired) electrons. The summed E-state index contributed by atoms with van der Waals surface area (Å²) < 4.78 is 18.5. The first-order chi connectivity index (χ1) is 11.0. The van der Waals surface area contributed by atoms with Crippen molar-refractivity contribution in [1.82, 2.24) is 9.88 Å². The number of hydrogen-bond donors (Lipinski definition) is 0. The van der Waals surface area contributed by atoms with E-state index in [1.807, 2.05) is 18.7 Å². The van der Waals surface area contributed by atoms with Crippen molar-refractivity contribution in [2.24, 2.45) is 0 Å². The molecule has 0 unspecified atom stereocenters. The van der Waals surface area contributed by atoms with Crippen LogP contribution in [0.25, 0.3) is 0 Å². The van der Waals surface area contributed by atoms with Gasteiger partial charge in [-0.1, -0.05) is 12.1 Å². The van der Waals surface area contributed by atoms with Gasteiger partial charge >= 0.3 is 0 Å². The van der Waals surface area contributed by atoms with Crippen LogP contribution in [0.4, 0.5) is 4.39 Å². The van der Waals surface area contributed by atoms with Crippen LogP contribution in [0.15, 0.2) is 30.5 Å². The fourth-order valence-corrected chi connectivity index (χ4v) is 3.50. The van der Waals surface area contributed by atoms with Gasteiger partial charge in [-0.3, -0.25) is 4.79 Å². The molecular formula is C17H19FN2O2S. The second kappa shape index (κ2) is 6.76. The molecule has 6 heteroatoms. The summed E-state index contributed by atoms with van der Waals surface area (Å²) >= 11 is 1.40. The molecule has 1 amide bonds. The molecule has 0 aliphatic carbocycles. The minimum atomic E-state index is -0.251. The third kappa shape index (κ3) is 3.76. The Morgan fingerprint density at radius 3 is 2.87 bits per heavy atom. The summed E-state index contributed by atoms with van der Waals surface area (Å²) in [5, 5.41) is 0.855. The zero-order valence-electron chi connectivity index (χ0n) is 13.2. The molecule has 0 saturated carbocycles. The number of carbonyl (C=O) groups is 1. The molecule has 4 nitrogen and oxygen atoms in total. The van der Waals surface area contributed by atoms with Crippen molar-refractivity contribution in [2.45, 2.75) is 32.4 Å². The summed E-state index contributed by atoms with van der Waals surface area (Å²) in [7, 11) is 0. The highest BCUT2D eigenvalue weighted by Gasteiger charge is 2.29. The van der Waals surface area contributed by atoms with Crippen LogP contribution in [0.5, 0.6) is 0 Å². The van der Waals surface area contributed by atoms with E-state index in [0.717, 1.165) is 10.6 Å². The highest BCUT2D eigenvalue weighted by molar-refractivity contribution is 7.13. The van der Waals surface area contributed by atoms with Gasteiger partial charge in [-0.15, -0.1) is 11.3 Å². The SMILES string of the molecule is C[C@@H]1CN(C(=O)c2cnc(Cc3ccc(F)cc3)s2)[C@@H](C)CO1. The van der Waals surface area contributed by atoms with Crippen LogP contribution in [0.1, 0.15) is 34.1 Å². The summed E-state index contributed by atoms with van der Waals surface area (Å²) in [6.45, 7) is 5.13. The number of benzene rings is 1. The predicted molar refractivity (Wildman–Crippen MR) is 87.2 cm³/mol. The molecule has 23 heavy (non-hydrogen) atoms. The zero-order valence-corrected chi connectivity index (χ0v) is 14.0. The quantitative estimate of drug-likeness (QED) is 0.866. The number of ether oxygens (including phenoxy) is 1. The maximum atomic E-state index is 12.9. The Morgan fingerprint density at radius 2 is 2.13 bits per heavy atom. The Labute approximate surface area is 138 Å². The van der Waals surface area contributed by atoms with E-state index in [1.165, 1.54) is 23.5 Å². The number of carbonyl (C=O) groups excluding carboxylic acids is 1. The van der Waals surface area contributed by atoms with E-state index in [0.29, 0.717) is 24.4 Å². The van der Waals surface area contributed by atoms with Crippen LogP contribution in [-0.2, 0) is 11.2 Å². The van der Waals surface area contributed by atoms with Crippen LogP contribution in [0, 0.1) is 5.82 Å². The average Bonchev–Trinajstić information content (AvgIpc) is 3.00. The third-order valence-electron chi connectivity index (χ3n) is 3.90. The number of hydrogen-bond acceptors (Lipinski definition) is 4. The molecule has 0 spiro atoms. The Morgan fingerprint density at radius 1 is 1.39 bits per heavy atom. The molecule has 1 fully saturated rings. The fraction of sp³-hybridized carbons (Fsp3) is 0.412. The highest BCUT2D eigenvalue weighted by Crippen LogP contribution is 2.21. The molecule has 0 bridgehead atoms. The van der Waals surface area contributed by atoms with E-state index in [1.54, 1.807) is 18.3 Å². The third-order valence-corrected chi connectivity index (χ3v) is 4.89. The van der Waals surface area contributed by atoms with Gasteiger partial charge < -0.3 is 9.64 Å². The molecule has 0 N–H and O–H groups in total. The number of thiazole rings is 1. The van der Waals surface area contributed by atoms with Gasteiger partial charge in [-0.2, -0.15) is 0 Å². The topological polar surface area (TPSA) is 42.4 Å². The molecule has 1 aromatic heterocycles. The normalized spacial score (nSPS) is 21.4. The molecule has 122 valence electrons. The molecule has 2 aromatic rings. The summed E-state index contributed by atoms with van der Waals surface area (Å²) in [4.78, 5) is 19.5. The first-order valence-electron chi connectivity index (χ1n) is 7.64. The second-order valence-corrected chi connectivity index (χ2v) is 6.99. The highest BCUT2D eigenvalue weighted by atomic mass is 32.1. The lowest BCUT2D eigenvalue weighted by Gasteiger charge is -2.36. The van der Waals surface area contributed by atoms with Crippen LogP contribution < -0.4 is 0 Å². The standard InChI is InChI=1S/C17H19FN2O2S/c1-11-10-22-12(2)9-20(11)17(21)15-8-19-16(23-15)7-13-3-5-14(18)6-4-13/h3-6,8,11-12H,7,9-10H2,1-2H3/t11-,12+/m0/s1. The van der Waals surface area contributed by atoms with Crippen molar-refractivity contribution in [3.05, 3.63) is 51.7 Å². The molecule has 1 aromatic carbocycles. The van der Waals surface area contributed by atoms with Gasteiger partial charge in [0.25, 0.3) is 5.91 Å². The van der Waals surface area contributed by atoms with Gasteiger partial charge in [0.1, 0.15) is 10.7 Å². The van der Waals surface area contributed by atoms with Gasteiger partial charge in [-0.25, -0.2) is 9.37 Å². The maximum Gasteiger partial charge on any atom is 0.265 e. The molecule has 2 atom stereocenters. The largest absolute Gasteiger partial charge is 0.375 e. The van der Waals surface area contributed by atoms with Gasteiger partial charge in [0.15, 0.2) is 0 Å². The van der Waals surface area contributed by atoms with Crippen LogP contribution in [0.2, 0.25) is 0 Å². The monoisotopic (exact) mass is 334 g/mol. The van der Waals surface area contributed by atoms with Gasteiger partial charge in [0.05, 0.1) is 30.0 Å². The van der Waals surface area contributed by atoms with E-state index < -0.39 is 0 Å². The molecule has 1 aliphatic heterocycles. The first-order valence-corrected chi connectivity index (χ1v) is 8.46. The molecule has 2 heterocycles. The average molecular weight is 334 g/mol. The number of rotatable bonds is 3. The van der Waals surface area contributed by atoms with Gasteiger partial charge in [-0.05, 0) is 31.5 Å².